The van der Waals surface area contributed by atoms with Crippen LogP contribution in [0.2, 0.25) is 0 Å². The van der Waals surface area contributed by atoms with E-state index in [9.17, 15) is 14.3 Å². The Kier molecular flexibility index (Phi) is 4.94. The van der Waals surface area contributed by atoms with Gasteiger partial charge in [-0.1, -0.05) is 12.1 Å². The van der Waals surface area contributed by atoms with E-state index < -0.39 is 5.78 Å². The molecule has 140 valence electrons. The predicted octanol–water partition coefficient (Wildman–Crippen LogP) is 4.14. The number of benzene rings is 1. The number of furan rings is 1. The van der Waals surface area contributed by atoms with Crippen LogP contribution in [0.25, 0.3) is 5.76 Å². The zero-order valence-electron chi connectivity index (χ0n) is 15.3. The Balaban J connectivity index is 1.72. The van der Waals surface area contributed by atoms with E-state index in [0.717, 1.165) is 11.6 Å². The molecule has 1 aromatic carbocycles. The summed E-state index contributed by atoms with van der Waals surface area (Å²) in [4.78, 5) is 16.3. The molecule has 3 aromatic rings. The molecule has 1 N–H and O–H groups in total. The van der Waals surface area contributed by atoms with Gasteiger partial charge in [-0.15, -0.1) is 5.10 Å². The van der Waals surface area contributed by atoms with Crippen molar-refractivity contribution in [2.45, 2.75) is 32.7 Å². The van der Waals surface area contributed by atoms with Crippen molar-refractivity contribution < 1.29 is 18.7 Å². The van der Waals surface area contributed by atoms with Crippen molar-refractivity contribution in [3.05, 3.63) is 77.5 Å². The van der Waals surface area contributed by atoms with Crippen LogP contribution in [-0.4, -0.2) is 25.7 Å². The lowest BCUT2D eigenvalue weighted by Gasteiger charge is -2.17. The maximum absolute atomic E-state index is 13.0. The van der Waals surface area contributed by atoms with Gasteiger partial charge in [0.2, 0.25) is 11.6 Å². The summed E-state index contributed by atoms with van der Waals surface area (Å²) in [5, 5.41) is 14.3. The number of halogens is 1. The van der Waals surface area contributed by atoms with Gasteiger partial charge in [-0.3, -0.25) is 4.79 Å². The number of rotatable bonds is 5. The van der Waals surface area contributed by atoms with E-state index in [1.54, 1.807) is 22.9 Å². The molecule has 0 saturated carbocycles. The number of aliphatic hydroxyl groups excluding tert-OH is 1. The van der Waals surface area contributed by atoms with Crippen molar-refractivity contribution in [1.29, 1.82) is 0 Å². The van der Waals surface area contributed by atoms with Crippen LogP contribution in [0.15, 0.2) is 53.2 Å². The number of hydrogen-bond donors (Lipinski definition) is 1. The Labute approximate surface area is 156 Å². The number of carbonyl (C=O) groups excluding carboxylic acids is 1. The molecule has 0 bridgehead atoms. The maximum Gasteiger partial charge on any atom is 0.224 e. The molecule has 2 aromatic heterocycles. The summed E-state index contributed by atoms with van der Waals surface area (Å²) in [6.07, 6.45) is 2.96. The van der Waals surface area contributed by atoms with E-state index >= 15 is 0 Å². The minimum atomic E-state index is -0.495. The number of allylic oxidation sites excluding steroid dienone is 1. The zero-order chi connectivity index (χ0) is 19.6. The predicted molar refractivity (Wildman–Crippen MR) is 97.9 cm³/mol. The highest BCUT2D eigenvalue weighted by atomic mass is 19.1. The lowest BCUT2D eigenvalue weighted by Crippen LogP contribution is -2.22. The molecule has 0 spiro atoms. The van der Waals surface area contributed by atoms with E-state index in [1.807, 2.05) is 20.8 Å². The Morgan fingerprint density at radius 3 is 2.56 bits per heavy atom. The number of nitrogens with zero attached hydrogens (tertiary/aromatic N) is 3. The topological polar surface area (TPSA) is 81.1 Å². The van der Waals surface area contributed by atoms with Gasteiger partial charge in [-0.05, 0) is 50.6 Å². The highest BCUT2D eigenvalue weighted by molar-refractivity contribution is 6.05. The molecule has 7 heteroatoms. The average Bonchev–Trinajstić information content (AvgIpc) is 3.26. The minimum Gasteiger partial charge on any atom is -0.504 e. The first kappa shape index (κ1) is 18.6. The largest absolute Gasteiger partial charge is 0.504 e. The molecule has 0 aliphatic carbocycles. The first-order valence-electron chi connectivity index (χ1n) is 8.43. The van der Waals surface area contributed by atoms with Crippen LogP contribution in [0.4, 0.5) is 4.39 Å². The molecule has 0 amide bonds. The highest BCUT2D eigenvalue weighted by Crippen LogP contribution is 2.17. The van der Waals surface area contributed by atoms with E-state index in [4.69, 9.17) is 4.42 Å². The van der Waals surface area contributed by atoms with Crippen molar-refractivity contribution in [3.8, 4) is 0 Å². The van der Waals surface area contributed by atoms with Gasteiger partial charge in [0.15, 0.2) is 11.5 Å². The molecule has 3 rings (SSSR count). The van der Waals surface area contributed by atoms with Crippen molar-refractivity contribution >= 4 is 11.5 Å². The van der Waals surface area contributed by atoms with Crippen LogP contribution < -0.4 is 0 Å². The SMILES string of the molecule is CC(C)(C)n1cnc(/C(O)=C\C(=O)c2ccc(Cc3ccc(F)cc3)o2)n1. The van der Waals surface area contributed by atoms with E-state index in [2.05, 4.69) is 10.1 Å². The Hall–Kier alpha value is -3.22. The molecular weight excluding hydrogens is 349 g/mol. The van der Waals surface area contributed by atoms with Crippen LogP contribution >= 0.6 is 0 Å². The van der Waals surface area contributed by atoms with Gasteiger partial charge in [-0.25, -0.2) is 14.1 Å². The van der Waals surface area contributed by atoms with Gasteiger partial charge in [0.05, 0.1) is 5.54 Å². The van der Waals surface area contributed by atoms with Gasteiger partial charge in [-0.2, -0.15) is 0 Å². The lowest BCUT2D eigenvalue weighted by atomic mass is 10.1. The monoisotopic (exact) mass is 369 g/mol. The summed E-state index contributed by atoms with van der Waals surface area (Å²) in [5.74, 6) is -0.417. The lowest BCUT2D eigenvalue weighted by molar-refractivity contribution is 0.101. The Morgan fingerprint density at radius 2 is 1.93 bits per heavy atom. The molecule has 0 unspecified atom stereocenters. The fourth-order valence-electron chi connectivity index (χ4n) is 2.37. The van der Waals surface area contributed by atoms with Crippen LogP contribution in [0.3, 0.4) is 0 Å². The maximum atomic E-state index is 13.0. The number of carbonyl (C=O) groups is 1. The number of hydrogen-bond acceptors (Lipinski definition) is 5. The van der Waals surface area contributed by atoms with Crippen molar-refractivity contribution in [1.82, 2.24) is 14.8 Å². The van der Waals surface area contributed by atoms with Crippen LogP contribution in [0.1, 0.15) is 48.5 Å². The van der Waals surface area contributed by atoms with Gasteiger partial charge >= 0.3 is 0 Å². The average molecular weight is 369 g/mol. The molecule has 27 heavy (non-hydrogen) atoms. The molecular formula is C20H20FN3O3. The van der Waals surface area contributed by atoms with Crippen LogP contribution in [0, 0.1) is 5.82 Å². The molecule has 2 heterocycles. The summed E-state index contributed by atoms with van der Waals surface area (Å²) >= 11 is 0. The fourth-order valence-corrected chi connectivity index (χ4v) is 2.37. The molecule has 6 nitrogen and oxygen atoms in total. The van der Waals surface area contributed by atoms with Gasteiger partial charge in [0.25, 0.3) is 0 Å². The van der Waals surface area contributed by atoms with E-state index in [-0.39, 0.29) is 28.7 Å². The van der Waals surface area contributed by atoms with E-state index in [0.29, 0.717) is 12.2 Å². The number of ketones is 1. The smallest absolute Gasteiger partial charge is 0.224 e. The first-order chi connectivity index (χ1) is 12.7. The summed E-state index contributed by atoms with van der Waals surface area (Å²) in [6.45, 7) is 5.84. The summed E-state index contributed by atoms with van der Waals surface area (Å²) in [7, 11) is 0. The molecule has 0 aliphatic rings. The van der Waals surface area contributed by atoms with Gasteiger partial charge < -0.3 is 9.52 Å². The first-order valence-corrected chi connectivity index (χ1v) is 8.43. The van der Waals surface area contributed by atoms with Crippen molar-refractivity contribution in [2.75, 3.05) is 0 Å². The molecule has 0 radical (unpaired) electrons. The standard InChI is InChI=1S/C20H20FN3O3/c1-20(2,3)24-12-22-19(23-24)17(26)11-16(25)18-9-8-15(27-18)10-13-4-6-14(21)7-5-13/h4-9,11-12,26H,10H2,1-3H3/b17-11+. The Morgan fingerprint density at radius 1 is 1.22 bits per heavy atom. The number of aromatic nitrogens is 3. The molecule has 0 fully saturated rings. The second-order valence-electron chi connectivity index (χ2n) is 7.15. The van der Waals surface area contributed by atoms with E-state index in [1.165, 1.54) is 24.5 Å². The third kappa shape index (κ3) is 4.49. The third-order valence-corrected chi connectivity index (χ3v) is 3.87. The Bertz CT molecular complexity index is 979. The van der Waals surface area contributed by atoms with Gasteiger partial charge in [0, 0.05) is 12.5 Å². The fraction of sp³-hybridized carbons (Fsp3) is 0.250. The highest BCUT2D eigenvalue weighted by Gasteiger charge is 2.18. The minimum absolute atomic E-state index is 0.0661. The summed E-state index contributed by atoms with van der Waals surface area (Å²) in [5.41, 5.74) is 0.575. The summed E-state index contributed by atoms with van der Waals surface area (Å²) in [6, 6.07) is 9.26. The van der Waals surface area contributed by atoms with Crippen molar-refractivity contribution in [2.24, 2.45) is 0 Å². The zero-order valence-corrected chi connectivity index (χ0v) is 15.3. The molecule has 0 atom stereocenters. The van der Waals surface area contributed by atoms with Crippen LogP contribution in [-0.2, 0) is 12.0 Å². The van der Waals surface area contributed by atoms with Gasteiger partial charge in [0.1, 0.15) is 17.9 Å². The third-order valence-electron chi connectivity index (χ3n) is 3.87. The molecule has 0 saturated heterocycles. The van der Waals surface area contributed by atoms with Crippen LogP contribution in [0.5, 0.6) is 0 Å². The quantitative estimate of drug-likeness (QED) is 0.415. The molecule has 0 aliphatic heterocycles. The summed E-state index contributed by atoms with van der Waals surface area (Å²) < 4.78 is 20.1. The number of aliphatic hydroxyl groups is 1. The normalized spacial score (nSPS) is 12.4. The second-order valence-corrected chi connectivity index (χ2v) is 7.15. The second kappa shape index (κ2) is 7.19. The van der Waals surface area contributed by atoms with Crippen molar-refractivity contribution in [3.63, 3.8) is 0 Å².